The van der Waals surface area contributed by atoms with Gasteiger partial charge in [0.05, 0.1) is 0 Å². The highest BCUT2D eigenvalue weighted by Crippen LogP contribution is 2.47. The van der Waals surface area contributed by atoms with Crippen molar-refractivity contribution in [2.45, 2.75) is 51.4 Å². The summed E-state index contributed by atoms with van der Waals surface area (Å²) in [4.78, 5) is 11.1. The number of hydrogen-bond donors (Lipinski definition) is 0. The summed E-state index contributed by atoms with van der Waals surface area (Å²) in [5.41, 5.74) is 11.2. The lowest BCUT2D eigenvalue weighted by Gasteiger charge is -2.42. The molecule has 1 nitrogen and oxygen atoms in total. The molecule has 1 aliphatic carbocycles. The van der Waals surface area contributed by atoms with Crippen LogP contribution in [0.3, 0.4) is 0 Å². The lowest BCUT2D eigenvalue weighted by atomic mass is 9.63. The van der Waals surface area contributed by atoms with Gasteiger partial charge in [0.2, 0.25) is 0 Å². The van der Waals surface area contributed by atoms with Crippen LogP contribution in [0, 0.1) is 0 Å². The standard InChI is InChI=1S/C33H32O/c1-32(2)18-19-33(3,4)31-21-27(15-17-30(31)32)29-20-26(24-12-10-23(22-34)11-13-24)14-16-28(29)25-8-6-5-7-9-25/h5-17,20-22H,18-19H2,1-4H3. The molecule has 0 heterocycles. The van der Waals surface area contributed by atoms with Crippen LogP contribution < -0.4 is 0 Å². The van der Waals surface area contributed by atoms with E-state index in [1.165, 1.54) is 46.2 Å². The maximum atomic E-state index is 11.1. The van der Waals surface area contributed by atoms with Crippen LogP contribution >= 0.6 is 0 Å². The second-order valence-corrected chi connectivity index (χ2v) is 10.9. The lowest BCUT2D eigenvalue weighted by Crippen LogP contribution is -2.33. The molecule has 4 aromatic rings. The van der Waals surface area contributed by atoms with E-state index in [1.54, 1.807) is 0 Å². The number of hydrogen-bond acceptors (Lipinski definition) is 1. The second-order valence-electron chi connectivity index (χ2n) is 10.9. The molecule has 0 saturated heterocycles. The molecule has 5 rings (SSSR count). The van der Waals surface area contributed by atoms with Gasteiger partial charge in [-0.1, -0.05) is 113 Å². The molecule has 0 atom stereocenters. The van der Waals surface area contributed by atoms with Crippen molar-refractivity contribution in [1.29, 1.82) is 0 Å². The van der Waals surface area contributed by atoms with E-state index in [-0.39, 0.29) is 10.8 Å². The van der Waals surface area contributed by atoms with Crippen molar-refractivity contribution in [2.24, 2.45) is 0 Å². The Balaban J connectivity index is 1.71. The Bertz CT molecular complexity index is 1340. The molecule has 0 radical (unpaired) electrons. The summed E-state index contributed by atoms with van der Waals surface area (Å²) in [7, 11) is 0. The minimum atomic E-state index is 0.163. The Hall–Kier alpha value is -3.45. The Morgan fingerprint density at radius 3 is 1.85 bits per heavy atom. The summed E-state index contributed by atoms with van der Waals surface area (Å²) in [6, 6.07) is 32.3. The maximum Gasteiger partial charge on any atom is 0.150 e. The van der Waals surface area contributed by atoms with Gasteiger partial charge in [-0.3, -0.25) is 4.79 Å². The van der Waals surface area contributed by atoms with Gasteiger partial charge in [0.25, 0.3) is 0 Å². The molecule has 34 heavy (non-hydrogen) atoms. The maximum absolute atomic E-state index is 11.1. The first-order valence-corrected chi connectivity index (χ1v) is 12.2. The predicted molar refractivity (Wildman–Crippen MR) is 143 cm³/mol. The fraction of sp³-hybridized carbons (Fsp3) is 0.242. The Labute approximate surface area is 203 Å². The average molecular weight is 445 g/mol. The number of carbonyl (C=O) groups excluding carboxylic acids is 1. The van der Waals surface area contributed by atoms with Gasteiger partial charge in [-0.25, -0.2) is 0 Å². The van der Waals surface area contributed by atoms with E-state index >= 15 is 0 Å². The zero-order valence-electron chi connectivity index (χ0n) is 20.6. The number of carbonyl (C=O) groups is 1. The minimum absolute atomic E-state index is 0.163. The predicted octanol–water partition coefficient (Wildman–Crippen LogP) is 8.85. The fourth-order valence-corrected chi connectivity index (χ4v) is 5.34. The molecule has 0 saturated carbocycles. The zero-order valence-corrected chi connectivity index (χ0v) is 20.6. The smallest absolute Gasteiger partial charge is 0.150 e. The molecular weight excluding hydrogens is 412 g/mol. The molecule has 0 spiro atoms. The van der Waals surface area contributed by atoms with E-state index in [0.717, 1.165) is 17.4 Å². The fourth-order valence-electron chi connectivity index (χ4n) is 5.34. The van der Waals surface area contributed by atoms with Gasteiger partial charge in [0.15, 0.2) is 0 Å². The van der Waals surface area contributed by atoms with Crippen molar-refractivity contribution in [2.75, 3.05) is 0 Å². The van der Waals surface area contributed by atoms with Gasteiger partial charge in [0.1, 0.15) is 6.29 Å². The molecule has 0 unspecified atom stereocenters. The molecule has 0 aromatic heterocycles. The highest BCUT2D eigenvalue weighted by Gasteiger charge is 2.37. The number of fused-ring (bicyclic) bond motifs is 1. The van der Waals surface area contributed by atoms with Crippen LogP contribution in [0.2, 0.25) is 0 Å². The summed E-state index contributed by atoms with van der Waals surface area (Å²) in [6.45, 7) is 9.52. The van der Waals surface area contributed by atoms with E-state index in [2.05, 4.69) is 94.4 Å². The SMILES string of the molecule is CC1(C)CCC(C)(C)c2cc(-c3cc(-c4ccc(C=O)cc4)ccc3-c3ccccc3)ccc21. The molecular formula is C33H32O. The van der Waals surface area contributed by atoms with Crippen LogP contribution in [0.1, 0.15) is 62.0 Å². The quantitative estimate of drug-likeness (QED) is 0.287. The van der Waals surface area contributed by atoms with E-state index in [1.807, 2.05) is 24.3 Å². The third-order valence-corrected chi connectivity index (χ3v) is 7.65. The van der Waals surface area contributed by atoms with Crippen molar-refractivity contribution >= 4 is 6.29 Å². The molecule has 4 aromatic carbocycles. The molecule has 0 bridgehead atoms. The average Bonchev–Trinajstić information content (AvgIpc) is 2.87. The summed E-state index contributed by atoms with van der Waals surface area (Å²) in [6.07, 6.45) is 3.31. The van der Waals surface area contributed by atoms with Crippen molar-refractivity contribution < 1.29 is 4.79 Å². The second kappa shape index (κ2) is 8.40. The van der Waals surface area contributed by atoms with Crippen LogP contribution in [0.25, 0.3) is 33.4 Å². The first kappa shape index (κ1) is 22.3. The van der Waals surface area contributed by atoms with Crippen molar-refractivity contribution in [1.82, 2.24) is 0 Å². The van der Waals surface area contributed by atoms with E-state index in [9.17, 15) is 4.79 Å². The summed E-state index contributed by atoms with van der Waals surface area (Å²) >= 11 is 0. The minimum Gasteiger partial charge on any atom is -0.298 e. The first-order valence-electron chi connectivity index (χ1n) is 12.2. The van der Waals surface area contributed by atoms with Crippen LogP contribution in [0.4, 0.5) is 0 Å². The third-order valence-electron chi connectivity index (χ3n) is 7.65. The normalized spacial score (nSPS) is 16.0. The van der Waals surface area contributed by atoms with Crippen LogP contribution in [0.15, 0.2) is 91.0 Å². The molecule has 0 aliphatic heterocycles. The lowest BCUT2D eigenvalue weighted by molar-refractivity contribution is 0.112. The Kier molecular flexibility index (Phi) is 5.52. The number of aldehydes is 1. The third kappa shape index (κ3) is 4.01. The van der Waals surface area contributed by atoms with Gasteiger partial charge in [-0.05, 0) is 74.2 Å². The van der Waals surface area contributed by atoms with Crippen LogP contribution in [0.5, 0.6) is 0 Å². The van der Waals surface area contributed by atoms with Gasteiger partial charge in [0, 0.05) is 5.56 Å². The zero-order chi connectivity index (χ0) is 23.9. The van der Waals surface area contributed by atoms with Gasteiger partial charge in [-0.15, -0.1) is 0 Å². The Morgan fingerprint density at radius 2 is 1.18 bits per heavy atom. The van der Waals surface area contributed by atoms with Gasteiger partial charge < -0.3 is 0 Å². The molecule has 170 valence electrons. The summed E-state index contributed by atoms with van der Waals surface area (Å²) in [5, 5.41) is 0. The van der Waals surface area contributed by atoms with Crippen molar-refractivity contribution in [3.8, 4) is 33.4 Å². The molecule has 0 amide bonds. The number of benzene rings is 4. The van der Waals surface area contributed by atoms with Gasteiger partial charge in [-0.2, -0.15) is 0 Å². The molecule has 1 heteroatoms. The highest BCUT2D eigenvalue weighted by molar-refractivity contribution is 5.88. The molecule has 0 N–H and O–H groups in total. The highest BCUT2D eigenvalue weighted by atomic mass is 16.1. The van der Waals surface area contributed by atoms with E-state index < -0.39 is 0 Å². The van der Waals surface area contributed by atoms with E-state index in [0.29, 0.717) is 5.56 Å². The van der Waals surface area contributed by atoms with Gasteiger partial charge >= 0.3 is 0 Å². The van der Waals surface area contributed by atoms with Crippen LogP contribution in [-0.2, 0) is 10.8 Å². The largest absolute Gasteiger partial charge is 0.298 e. The van der Waals surface area contributed by atoms with E-state index in [4.69, 9.17) is 0 Å². The summed E-state index contributed by atoms with van der Waals surface area (Å²) < 4.78 is 0. The van der Waals surface area contributed by atoms with Crippen molar-refractivity contribution in [3.63, 3.8) is 0 Å². The monoisotopic (exact) mass is 444 g/mol. The first-order chi connectivity index (χ1) is 16.3. The summed E-state index contributed by atoms with van der Waals surface area (Å²) in [5.74, 6) is 0. The van der Waals surface area contributed by atoms with Crippen LogP contribution in [-0.4, -0.2) is 6.29 Å². The molecule has 0 fully saturated rings. The Morgan fingerprint density at radius 1 is 0.559 bits per heavy atom. The number of rotatable bonds is 4. The van der Waals surface area contributed by atoms with Crippen molar-refractivity contribution in [3.05, 3.63) is 108 Å². The molecule has 1 aliphatic rings. The topological polar surface area (TPSA) is 17.1 Å².